The average molecular weight is 450 g/mol. The van der Waals surface area contributed by atoms with Crippen molar-refractivity contribution in [3.8, 4) is 0 Å². The lowest BCUT2D eigenvalue weighted by molar-refractivity contribution is -0.137. The number of benzene rings is 1. The molecule has 0 bridgehead atoms. The van der Waals surface area contributed by atoms with Gasteiger partial charge in [0.2, 0.25) is 5.91 Å². The first-order valence-corrected chi connectivity index (χ1v) is 10.6. The van der Waals surface area contributed by atoms with Crippen molar-refractivity contribution in [2.45, 2.75) is 19.0 Å². The smallest absolute Gasteiger partial charge is 0.416 e. The summed E-state index contributed by atoms with van der Waals surface area (Å²) in [5, 5.41) is 2.69. The molecule has 0 atom stereocenters. The molecule has 2 aromatic rings. The third-order valence-electron chi connectivity index (χ3n) is 5.80. The van der Waals surface area contributed by atoms with E-state index in [4.69, 9.17) is 4.42 Å². The number of hydrogen-bond acceptors (Lipinski definition) is 5. The van der Waals surface area contributed by atoms with Crippen LogP contribution in [-0.4, -0.2) is 67.4 Å². The number of piperazine rings is 1. The number of nitrogens with one attached hydrogen (secondary N) is 1. The zero-order chi connectivity index (χ0) is 22.7. The van der Waals surface area contributed by atoms with E-state index in [1.54, 1.807) is 17.0 Å². The van der Waals surface area contributed by atoms with Gasteiger partial charge in [-0.2, -0.15) is 13.2 Å². The van der Waals surface area contributed by atoms with Crippen molar-refractivity contribution < 1.29 is 27.2 Å². The molecule has 2 aliphatic heterocycles. The fourth-order valence-corrected chi connectivity index (χ4v) is 4.10. The van der Waals surface area contributed by atoms with Gasteiger partial charge in [0.1, 0.15) is 0 Å². The third kappa shape index (κ3) is 5.07. The Balaban J connectivity index is 1.38. The fraction of sp³-hybridized carbons (Fsp3) is 0.455. The van der Waals surface area contributed by atoms with Crippen LogP contribution in [0, 0.1) is 0 Å². The van der Waals surface area contributed by atoms with E-state index in [0.717, 1.165) is 38.1 Å². The summed E-state index contributed by atoms with van der Waals surface area (Å²) in [6, 6.07) is 6.75. The Morgan fingerprint density at radius 1 is 1.00 bits per heavy atom. The van der Waals surface area contributed by atoms with Crippen LogP contribution >= 0.6 is 0 Å². The van der Waals surface area contributed by atoms with Gasteiger partial charge in [-0.15, -0.1) is 0 Å². The molecule has 0 unspecified atom stereocenters. The number of furan rings is 1. The third-order valence-corrected chi connectivity index (χ3v) is 5.80. The minimum Gasteiger partial charge on any atom is -0.459 e. The van der Waals surface area contributed by atoms with E-state index in [1.807, 2.05) is 9.80 Å². The number of amides is 2. The molecule has 32 heavy (non-hydrogen) atoms. The number of hydrogen-bond donors (Lipinski definition) is 1. The Bertz CT molecular complexity index is 948. The van der Waals surface area contributed by atoms with E-state index < -0.39 is 11.7 Å². The maximum atomic E-state index is 13.2. The molecule has 2 aliphatic rings. The number of halogens is 3. The normalized spacial score (nSPS) is 17.6. The minimum atomic E-state index is -4.49. The van der Waals surface area contributed by atoms with Gasteiger partial charge in [-0.05, 0) is 43.2 Å². The van der Waals surface area contributed by atoms with E-state index in [2.05, 4.69) is 5.32 Å². The molecular formula is C22H25F3N4O3. The highest BCUT2D eigenvalue weighted by molar-refractivity contribution is 5.96. The van der Waals surface area contributed by atoms with Gasteiger partial charge in [0.05, 0.1) is 29.7 Å². The van der Waals surface area contributed by atoms with Crippen LogP contribution in [0.3, 0.4) is 0 Å². The summed E-state index contributed by atoms with van der Waals surface area (Å²) < 4.78 is 44.8. The summed E-state index contributed by atoms with van der Waals surface area (Å²) in [4.78, 5) is 30.5. The summed E-state index contributed by atoms with van der Waals surface area (Å²) in [5.41, 5.74) is -0.00290. The van der Waals surface area contributed by atoms with Crippen molar-refractivity contribution in [2.24, 2.45) is 0 Å². The van der Waals surface area contributed by atoms with Gasteiger partial charge in [0.25, 0.3) is 5.91 Å². The molecule has 0 aliphatic carbocycles. The molecule has 2 amide bonds. The van der Waals surface area contributed by atoms with Crippen molar-refractivity contribution in [3.05, 3.63) is 47.9 Å². The molecule has 0 spiro atoms. The highest BCUT2D eigenvalue weighted by Gasteiger charge is 2.32. The van der Waals surface area contributed by atoms with Gasteiger partial charge < -0.3 is 19.5 Å². The van der Waals surface area contributed by atoms with Crippen molar-refractivity contribution in [1.82, 2.24) is 9.80 Å². The van der Waals surface area contributed by atoms with Crippen molar-refractivity contribution >= 4 is 23.2 Å². The summed E-state index contributed by atoms with van der Waals surface area (Å²) >= 11 is 0. The predicted molar refractivity (Wildman–Crippen MR) is 113 cm³/mol. The van der Waals surface area contributed by atoms with Crippen LogP contribution in [0.25, 0.3) is 0 Å². The highest BCUT2D eigenvalue weighted by atomic mass is 19.4. The summed E-state index contributed by atoms with van der Waals surface area (Å²) in [7, 11) is 0. The molecule has 0 saturated carbocycles. The Hall–Kier alpha value is -3.01. The monoisotopic (exact) mass is 450 g/mol. The van der Waals surface area contributed by atoms with E-state index in [-0.39, 0.29) is 29.8 Å². The first-order valence-electron chi connectivity index (χ1n) is 10.6. The molecule has 172 valence electrons. The quantitative estimate of drug-likeness (QED) is 0.757. The van der Waals surface area contributed by atoms with E-state index in [0.29, 0.717) is 31.9 Å². The van der Waals surface area contributed by atoms with Crippen LogP contribution in [0.2, 0.25) is 0 Å². The maximum Gasteiger partial charge on any atom is 0.416 e. The van der Waals surface area contributed by atoms with Crippen molar-refractivity contribution in [1.29, 1.82) is 0 Å². The number of nitrogens with zero attached hydrogens (tertiary/aromatic N) is 3. The summed E-state index contributed by atoms with van der Waals surface area (Å²) in [6.45, 7) is 3.39. The Kier molecular flexibility index (Phi) is 6.40. The van der Waals surface area contributed by atoms with Crippen LogP contribution in [-0.2, 0) is 11.0 Å². The zero-order valence-corrected chi connectivity index (χ0v) is 17.5. The molecular weight excluding hydrogens is 425 g/mol. The molecule has 7 nitrogen and oxygen atoms in total. The van der Waals surface area contributed by atoms with Crippen molar-refractivity contribution in [3.63, 3.8) is 0 Å². The lowest BCUT2D eigenvalue weighted by Gasteiger charge is -2.34. The second kappa shape index (κ2) is 9.23. The van der Waals surface area contributed by atoms with Gasteiger partial charge in [-0.25, -0.2) is 0 Å². The number of alkyl halides is 3. The SMILES string of the molecule is O=C(CN1CCN(C(=O)c2ccco2)CC1)Nc1cc(C(F)(F)F)ccc1N1CCCC1. The number of rotatable bonds is 5. The molecule has 1 aromatic heterocycles. The lowest BCUT2D eigenvalue weighted by atomic mass is 10.1. The maximum absolute atomic E-state index is 13.2. The van der Waals surface area contributed by atoms with E-state index in [9.17, 15) is 22.8 Å². The second-order valence-corrected chi connectivity index (χ2v) is 8.02. The molecule has 1 N–H and O–H groups in total. The molecule has 4 rings (SSSR count). The van der Waals surface area contributed by atoms with Crippen molar-refractivity contribution in [2.75, 3.05) is 56.0 Å². The Labute approximate surface area is 183 Å². The van der Waals surface area contributed by atoms with Crippen LogP contribution < -0.4 is 10.2 Å². The van der Waals surface area contributed by atoms with Gasteiger partial charge in [-0.1, -0.05) is 0 Å². The molecule has 2 saturated heterocycles. The molecule has 1 aromatic carbocycles. The second-order valence-electron chi connectivity index (χ2n) is 8.02. The number of anilines is 2. The molecule has 3 heterocycles. The largest absolute Gasteiger partial charge is 0.459 e. The van der Waals surface area contributed by atoms with Crippen LogP contribution in [0.1, 0.15) is 29.0 Å². The summed E-state index contributed by atoms with van der Waals surface area (Å²) in [6.07, 6.45) is -1.11. The lowest BCUT2D eigenvalue weighted by Crippen LogP contribution is -2.50. The van der Waals surface area contributed by atoms with Gasteiger partial charge in [-0.3, -0.25) is 14.5 Å². The standard InChI is InChI=1S/C22H25F3N4O3/c23-22(24,25)16-5-6-18(28-7-1-2-8-28)17(14-16)26-20(30)15-27-9-11-29(12-10-27)21(31)19-4-3-13-32-19/h3-6,13-14H,1-2,7-12,15H2,(H,26,30). The molecule has 2 fully saturated rings. The first-order chi connectivity index (χ1) is 15.3. The number of carbonyl (C=O) groups excluding carboxylic acids is 2. The molecule has 10 heteroatoms. The van der Waals surface area contributed by atoms with Gasteiger partial charge in [0, 0.05) is 39.3 Å². The Morgan fingerprint density at radius 2 is 1.72 bits per heavy atom. The fourth-order valence-electron chi connectivity index (χ4n) is 4.10. The Morgan fingerprint density at radius 3 is 2.34 bits per heavy atom. The zero-order valence-electron chi connectivity index (χ0n) is 17.5. The van der Waals surface area contributed by atoms with Crippen LogP contribution in [0.4, 0.5) is 24.5 Å². The van der Waals surface area contributed by atoms with Gasteiger partial charge in [0.15, 0.2) is 5.76 Å². The number of carbonyl (C=O) groups is 2. The van der Waals surface area contributed by atoms with Gasteiger partial charge >= 0.3 is 6.18 Å². The summed E-state index contributed by atoms with van der Waals surface area (Å²) in [5.74, 6) is -0.302. The van der Waals surface area contributed by atoms with E-state index in [1.165, 1.54) is 12.3 Å². The highest BCUT2D eigenvalue weighted by Crippen LogP contribution is 2.36. The predicted octanol–water partition coefficient (Wildman–Crippen LogP) is 3.30. The minimum absolute atomic E-state index is 0.0401. The van der Waals surface area contributed by atoms with E-state index >= 15 is 0 Å². The van der Waals surface area contributed by atoms with Crippen LogP contribution in [0.15, 0.2) is 41.0 Å². The van der Waals surface area contributed by atoms with Crippen LogP contribution in [0.5, 0.6) is 0 Å². The average Bonchev–Trinajstić information content (AvgIpc) is 3.47. The first kappa shape index (κ1) is 22.2. The topological polar surface area (TPSA) is 69.0 Å². The molecule has 0 radical (unpaired) electrons.